The maximum absolute atomic E-state index is 2.53. The van der Waals surface area contributed by atoms with Crippen molar-refractivity contribution in [2.24, 2.45) is 5.92 Å². The Bertz CT molecular complexity index is 2390. The summed E-state index contributed by atoms with van der Waals surface area (Å²) >= 11 is 0. The highest BCUT2D eigenvalue weighted by Crippen LogP contribution is 2.51. The Labute approximate surface area is 282 Å². The number of allylic oxidation sites excluding steroid dienone is 4. The summed E-state index contributed by atoms with van der Waals surface area (Å²) in [7, 11) is 0. The molecule has 2 nitrogen and oxygen atoms in total. The van der Waals surface area contributed by atoms with Crippen LogP contribution in [0.2, 0.25) is 0 Å². The van der Waals surface area contributed by atoms with Crippen LogP contribution in [0.15, 0.2) is 164 Å². The number of anilines is 3. The molecule has 232 valence electrons. The maximum Gasteiger partial charge on any atom is 0.0585 e. The topological polar surface area (TPSA) is 8.17 Å². The molecule has 0 saturated heterocycles. The highest BCUT2D eigenvalue weighted by Gasteiger charge is 2.35. The molecule has 2 aliphatic carbocycles. The van der Waals surface area contributed by atoms with E-state index in [1.54, 1.807) is 0 Å². The molecule has 48 heavy (non-hydrogen) atoms. The van der Waals surface area contributed by atoms with Gasteiger partial charge in [0.2, 0.25) is 0 Å². The molecule has 0 bridgehead atoms. The third-order valence-electron chi connectivity index (χ3n) is 10.7. The zero-order valence-electron chi connectivity index (χ0n) is 27.6. The molecule has 0 saturated carbocycles. The van der Waals surface area contributed by atoms with Gasteiger partial charge >= 0.3 is 0 Å². The van der Waals surface area contributed by atoms with E-state index in [2.05, 4.69) is 194 Å². The van der Waals surface area contributed by atoms with Crippen molar-refractivity contribution in [2.75, 3.05) is 4.90 Å². The monoisotopic (exact) mass is 618 g/mol. The van der Waals surface area contributed by atoms with E-state index >= 15 is 0 Å². The van der Waals surface area contributed by atoms with Crippen molar-refractivity contribution in [3.05, 3.63) is 175 Å². The van der Waals surface area contributed by atoms with Crippen LogP contribution in [-0.4, -0.2) is 4.57 Å². The van der Waals surface area contributed by atoms with E-state index in [0.717, 1.165) is 11.4 Å². The van der Waals surface area contributed by atoms with Crippen LogP contribution in [0.5, 0.6) is 0 Å². The zero-order valence-corrected chi connectivity index (χ0v) is 27.6. The lowest BCUT2D eigenvalue weighted by atomic mass is 9.82. The number of para-hydroxylation sites is 1. The molecular weight excluding hydrogens is 581 g/mol. The summed E-state index contributed by atoms with van der Waals surface area (Å²) < 4.78 is 2.53. The summed E-state index contributed by atoms with van der Waals surface area (Å²) in [6.45, 7) is 7.03. The first-order valence-electron chi connectivity index (χ1n) is 17.1. The number of benzene rings is 6. The van der Waals surface area contributed by atoms with Crippen LogP contribution in [0.25, 0.3) is 44.1 Å². The van der Waals surface area contributed by atoms with E-state index in [1.165, 1.54) is 60.9 Å². The lowest BCUT2D eigenvalue weighted by Crippen LogP contribution is -2.16. The second kappa shape index (κ2) is 11.0. The lowest BCUT2D eigenvalue weighted by Gasteiger charge is -2.28. The predicted molar refractivity (Wildman–Crippen MR) is 204 cm³/mol. The van der Waals surface area contributed by atoms with Gasteiger partial charge < -0.3 is 9.47 Å². The van der Waals surface area contributed by atoms with Crippen molar-refractivity contribution in [1.82, 2.24) is 4.57 Å². The van der Waals surface area contributed by atoms with Gasteiger partial charge in [-0.1, -0.05) is 136 Å². The largest absolute Gasteiger partial charge is 0.333 e. The summed E-state index contributed by atoms with van der Waals surface area (Å²) in [6, 6.07) is 51.8. The fourth-order valence-corrected chi connectivity index (χ4v) is 8.19. The summed E-state index contributed by atoms with van der Waals surface area (Å²) in [5.41, 5.74) is 13.8. The fourth-order valence-electron chi connectivity index (χ4n) is 8.19. The maximum atomic E-state index is 2.53. The average Bonchev–Trinajstić information content (AvgIpc) is 3.57. The van der Waals surface area contributed by atoms with E-state index in [9.17, 15) is 0 Å². The third kappa shape index (κ3) is 4.40. The molecule has 6 aromatic carbocycles. The molecule has 1 heterocycles. The molecule has 2 aliphatic rings. The van der Waals surface area contributed by atoms with Gasteiger partial charge in [-0.15, -0.1) is 0 Å². The minimum Gasteiger partial charge on any atom is -0.333 e. The van der Waals surface area contributed by atoms with Gasteiger partial charge in [0.25, 0.3) is 0 Å². The molecule has 9 rings (SSSR count). The van der Waals surface area contributed by atoms with E-state index in [1.807, 2.05) is 0 Å². The Morgan fingerprint density at radius 2 is 1.15 bits per heavy atom. The van der Waals surface area contributed by atoms with E-state index in [4.69, 9.17) is 0 Å². The SMILES string of the molecule is CC1C=CC=CC1n1c2ccccc2c2cc(N(c3ccc(-c4ccccc4)cc3)c3ccc4c(c3)C(C)(C)c3ccccc3-4)ccc21. The Morgan fingerprint density at radius 1 is 0.521 bits per heavy atom. The molecule has 0 fully saturated rings. The third-order valence-corrected chi connectivity index (χ3v) is 10.7. The highest BCUT2D eigenvalue weighted by atomic mass is 15.1. The minimum absolute atomic E-state index is 0.0825. The molecule has 1 aromatic heterocycles. The van der Waals surface area contributed by atoms with Crippen molar-refractivity contribution in [1.29, 1.82) is 0 Å². The molecule has 0 aliphatic heterocycles. The van der Waals surface area contributed by atoms with Gasteiger partial charge in [0, 0.05) is 44.3 Å². The summed E-state index contributed by atoms with van der Waals surface area (Å²) in [5.74, 6) is 0.409. The first kappa shape index (κ1) is 28.6. The van der Waals surface area contributed by atoms with E-state index < -0.39 is 0 Å². The number of fused-ring (bicyclic) bond motifs is 6. The van der Waals surface area contributed by atoms with Gasteiger partial charge in [0.1, 0.15) is 0 Å². The van der Waals surface area contributed by atoms with Crippen LogP contribution in [0.4, 0.5) is 17.1 Å². The summed E-state index contributed by atoms with van der Waals surface area (Å²) in [5, 5.41) is 2.56. The normalized spacial score (nSPS) is 17.5. The lowest BCUT2D eigenvalue weighted by molar-refractivity contribution is 0.510. The average molecular weight is 619 g/mol. The Balaban J connectivity index is 1.24. The van der Waals surface area contributed by atoms with Crippen molar-refractivity contribution in [3.8, 4) is 22.3 Å². The Morgan fingerprint density at radius 3 is 1.98 bits per heavy atom. The van der Waals surface area contributed by atoms with E-state index in [0.29, 0.717) is 5.92 Å². The number of aromatic nitrogens is 1. The van der Waals surface area contributed by atoms with Crippen molar-refractivity contribution >= 4 is 38.9 Å². The predicted octanol–water partition coefficient (Wildman–Crippen LogP) is 12.5. The second-order valence-corrected chi connectivity index (χ2v) is 13.9. The van der Waals surface area contributed by atoms with Gasteiger partial charge in [-0.3, -0.25) is 0 Å². The van der Waals surface area contributed by atoms with Crippen LogP contribution in [0.1, 0.15) is 37.9 Å². The molecule has 7 aromatic rings. The zero-order chi connectivity index (χ0) is 32.4. The molecule has 0 N–H and O–H groups in total. The van der Waals surface area contributed by atoms with Crippen LogP contribution >= 0.6 is 0 Å². The number of hydrogen-bond donors (Lipinski definition) is 0. The van der Waals surface area contributed by atoms with Crippen molar-refractivity contribution < 1.29 is 0 Å². The van der Waals surface area contributed by atoms with Gasteiger partial charge in [-0.25, -0.2) is 0 Å². The number of rotatable bonds is 5. The van der Waals surface area contributed by atoms with Crippen LogP contribution < -0.4 is 4.90 Å². The smallest absolute Gasteiger partial charge is 0.0585 e. The van der Waals surface area contributed by atoms with Gasteiger partial charge in [0.05, 0.1) is 6.04 Å². The van der Waals surface area contributed by atoms with Gasteiger partial charge in [-0.05, 0) is 87.8 Å². The van der Waals surface area contributed by atoms with Crippen LogP contribution in [0, 0.1) is 5.92 Å². The minimum atomic E-state index is -0.0825. The van der Waals surface area contributed by atoms with E-state index in [-0.39, 0.29) is 11.5 Å². The molecule has 2 heteroatoms. The Kier molecular flexibility index (Phi) is 6.55. The molecule has 2 unspecified atom stereocenters. The number of nitrogens with zero attached hydrogens (tertiary/aromatic N) is 2. The first-order valence-corrected chi connectivity index (χ1v) is 17.1. The molecular formula is C46H38N2. The van der Waals surface area contributed by atoms with Crippen molar-refractivity contribution in [2.45, 2.75) is 32.2 Å². The Hall–Kier alpha value is -5.60. The van der Waals surface area contributed by atoms with Gasteiger partial charge in [-0.2, -0.15) is 0 Å². The number of hydrogen-bond acceptors (Lipinski definition) is 1. The molecule has 0 spiro atoms. The molecule has 0 radical (unpaired) electrons. The van der Waals surface area contributed by atoms with Crippen LogP contribution in [0.3, 0.4) is 0 Å². The quantitative estimate of drug-likeness (QED) is 0.186. The summed E-state index contributed by atoms with van der Waals surface area (Å²) in [6.07, 6.45) is 9.02. The molecule has 0 amide bonds. The summed E-state index contributed by atoms with van der Waals surface area (Å²) in [4.78, 5) is 2.44. The highest BCUT2D eigenvalue weighted by molar-refractivity contribution is 6.10. The molecule has 2 atom stereocenters. The van der Waals surface area contributed by atoms with Gasteiger partial charge in [0.15, 0.2) is 0 Å². The standard InChI is InChI=1S/C46H38N2/c1-31-13-7-11-19-43(31)48-44-20-12-9-17-39(44)40-29-35(26-28-45(40)48)47(34-23-21-33(22-24-34)32-14-5-4-6-15-32)36-25-27-38-37-16-8-10-18-41(37)46(2,3)42(38)30-36/h4-31,43H,1-3H3. The second-order valence-electron chi connectivity index (χ2n) is 13.9. The fraction of sp³-hybridized carbons (Fsp3) is 0.130. The van der Waals surface area contributed by atoms with Crippen molar-refractivity contribution in [3.63, 3.8) is 0 Å². The van der Waals surface area contributed by atoms with Crippen LogP contribution in [-0.2, 0) is 5.41 Å². The first-order chi connectivity index (χ1) is 23.5.